The van der Waals surface area contributed by atoms with E-state index < -0.39 is 0 Å². The third-order valence-corrected chi connectivity index (χ3v) is 6.84. The molecule has 146 valence electrons. The van der Waals surface area contributed by atoms with Gasteiger partial charge in [0.25, 0.3) is 0 Å². The van der Waals surface area contributed by atoms with Crippen LogP contribution < -0.4 is 10.6 Å². The molecule has 0 aliphatic carbocycles. The van der Waals surface area contributed by atoms with E-state index in [-0.39, 0.29) is 23.0 Å². The number of hydrogen-bond acceptors (Lipinski definition) is 6. The number of esters is 1. The third kappa shape index (κ3) is 4.25. The van der Waals surface area contributed by atoms with Gasteiger partial charge in [0.2, 0.25) is 5.91 Å². The first-order valence-electron chi connectivity index (χ1n) is 9.08. The van der Waals surface area contributed by atoms with Gasteiger partial charge >= 0.3 is 5.97 Å². The molecule has 0 fully saturated rings. The molecule has 5 nitrogen and oxygen atoms in total. The predicted molar refractivity (Wildman–Crippen MR) is 111 cm³/mol. The van der Waals surface area contributed by atoms with E-state index in [1.807, 2.05) is 17.5 Å². The largest absolute Gasteiger partial charge is 0.462 e. The number of anilines is 1. The molecule has 0 spiro atoms. The van der Waals surface area contributed by atoms with Gasteiger partial charge < -0.3 is 15.4 Å². The fourth-order valence-electron chi connectivity index (χ4n) is 3.78. The van der Waals surface area contributed by atoms with Crippen molar-refractivity contribution in [3.63, 3.8) is 0 Å². The first-order valence-corrected chi connectivity index (χ1v) is 10.8. The monoisotopic (exact) mass is 406 g/mol. The Morgan fingerprint density at radius 3 is 2.67 bits per heavy atom. The number of rotatable bonds is 5. The summed E-state index contributed by atoms with van der Waals surface area (Å²) >= 11 is 3.02. The molecule has 1 aliphatic heterocycles. The van der Waals surface area contributed by atoms with E-state index in [1.165, 1.54) is 11.3 Å². The fourth-order valence-corrected chi connectivity index (χ4v) is 5.76. The predicted octanol–water partition coefficient (Wildman–Crippen LogP) is 4.33. The Morgan fingerprint density at radius 2 is 2.04 bits per heavy atom. The van der Waals surface area contributed by atoms with Crippen molar-refractivity contribution in [3.8, 4) is 0 Å². The Kier molecular flexibility index (Phi) is 5.47. The van der Waals surface area contributed by atoms with Gasteiger partial charge in [0.1, 0.15) is 5.00 Å². The number of nitrogens with one attached hydrogen (secondary N) is 2. The van der Waals surface area contributed by atoms with Crippen LogP contribution in [-0.2, 0) is 27.9 Å². The normalized spacial score (nSPS) is 17.2. The van der Waals surface area contributed by atoms with Crippen LogP contribution in [0.15, 0.2) is 17.5 Å². The average Bonchev–Trinajstić information content (AvgIpc) is 3.13. The number of carbonyl (C=O) groups excluding carboxylic acids is 2. The molecule has 3 heterocycles. The maximum Gasteiger partial charge on any atom is 0.341 e. The van der Waals surface area contributed by atoms with Crippen molar-refractivity contribution in [2.75, 3.05) is 11.9 Å². The Morgan fingerprint density at radius 1 is 1.30 bits per heavy atom. The molecule has 0 radical (unpaired) electrons. The minimum Gasteiger partial charge on any atom is -0.462 e. The molecule has 2 N–H and O–H groups in total. The van der Waals surface area contributed by atoms with E-state index in [4.69, 9.17) is 4.74 Å². The van der Waals surface area contributed by atoms with Crippen LogP contribution in [0, 0.1) is 0 Å². The van der Waals surface area contributed by atoms with E-state index in [1.54, 1.807) is 18.3 Å². The first-order chi connectivity index (χ1) is 12.6. The fraction of sp³-hybridized carbons (Fsp3) is 0.500. The molecule has 1 aliphatic rings. The second kappa shape index (κ2) is 7.37. The SMILES string of the molecule is CCOC(=O)c1c(NC(=O)Cc2cccs2)sc2c1CC(C)(C)NC2(C)C. The summed E-state index contributed by atoms with van der Waals surface area (Å²) in [6, 6.07) is 3.86. The zero-order valence-electron chi connectivity index (χ0n) is 16.4. The third-order valence-electron chi connectivity index (χ3n) is 4.49. The molecule has 0 unspecified atom stereocenters. The van der Waals surface area contributed by atoms with Crippen LogP contribution in [0.2, 0.25) is 0 Å². The summed E-state index contributed by atoms with van der Waals surface area (Å²) in [4.78, 5) is 27.4. The summed E-state index contributed by atoms with van der Waals surface area (Å²) in [7, 11) is 0. The van der Waals surface area contributed by atoms with Gasteiger partial charge in [-0.2, -0.15) is 0 Å². The van der Waals surface area contributed by atoms with Gasteiger partial charge in [-0.15, -0.1) is 22.7 Å². The second-order valence-electron chi connectivity index (χ2n) is 7.95. The van der Waals surface area contributed by atoms with Crippen molar-refractivity contribution in [1.29, 1.82) is 0 Å². The molecule has 2 aromatic rings. The molecule has 0 aromatic carbocycles. The van der Waals surface area contributed by atoms with Gasteiger partial charge in [-0.3, -0.25) is 4.79 Å². The summed E-state index contributed by atoms with van der Waals surface area (Å²) in [6.45, 7) is 10.6. The summed E-state index contributed by atoms with van der Waals surface area (Å²) in [6.07, 6.45) is 1.01. The van der Waals surface area contributed by atoms with Crippen LogP contribution in [0.4, 0.5) is 5.00 Å². The van der Waals surface area contributed by atoms with E-state index in [2.05, 4.69) is 38.3 Å². The minimum absolute atomic E-state index is 0.119. The highest BCUT2D eigenvalue weighted by atomic mass is 32.1. The molecule has 1 amide bonds. The summed E-state index contributed by atoms with van der Waals surface area (Å²) in [5.41, 5.74) is 1.05. The molecule has 7 heteroatoms. The smallest absolute Gasteiger partial charge is 0.341 e. The van der Waals surface area contributed by atoms with Crippen LogP contribution in [0.1, 0.15) is 60.3 Å². The topological polar surface area (TPSA) is 67.4 Å². The van der Waals surface area contributed by atoms with Gasteiger partial charge in [0.05, 0.1) is 18.6 Å². The summed E-state index contributed by atoms with van der Waals surface area (Å²) < 4.78 is 5.31. The summed E-state index contributed by atoms with van der Waals surface area (Å²) in [5.74, 6) is -0.485. The van der Waals surface area contributed by atoms with Gasteiger partial charge in [-0.05, 0) is 58.0 Å². The first kappa shape index (κ1) is 20.0. The number of amides is 1. The molecular formula is C20H26N2O3S2. The lowest BCUT2D eigenvalue weighted by molar-refractivity contribution is -0.115. The lowest BCUT2D eigenvalue weighted by Crippen LogP contribution is -2.55. The summed E-state index contributed by atoms with van der Waals surface area (Å²) in [5, 5.41) is 9.15. The van der Waals surface area contributed by atoms with Crippen molar-refractivity contribution in [2.45, 2.75) is 58.5 Å². The van der Waals surface area contributed by atoms with Crippen molar-refractivity contribution in [2.24, 2.45) is 0 Å². The zero-order valence-corrected chi connectivity index (χ0v) is 18.0. The van der Waals surface area contributed by atoms with E-state index in [9.17, 15) is 9.59 Å². The quantitative estimate of drug-likeness (QED) is 0.726. The molecule has 27 heavy (non-hydrogen) atoms. The zero-order chi connectivity index (χ0) is 19.8. The van der Waals surface area contributed by atoms with Crippen LogP contribution >= 0.6 is 22.7 Å². The highest BCUT2D eigenvalue weighted by molar-refractivity contribution is 7.17. The van der Waals surface area contributed by atoms with Crippen LogP contribution in [0.25, 0.3) is 0 Å². The highest BCUT2D eigenvalue weighted by Gasteiger charge is 2.42. The number of ether oxygens (including phenoxy) is 1. The number of fused-ring (bicyclic) bond motifs is 1. The molecule has 0 saturated carbocycles. The van der Waals surface area contributed by atoms with Gasteiger partial charge in [-0.25, -0.2) is 4.79 Å². The van der Waals surface area contributed by atoms with E-state index in [0.29, 0.717) is 30.0 Å². The minimum atomic E-state index is -0.366. The van der Waals surface area contributed by atoms with E-state index >= 15 is 0 Å². The van der Waals surface area contributed by atoms with Crippen LogP contribution in [0.5, 0.6) is 0 Å². The van der Waals surface area contributed by atoms with Gasteiger partial charge in [0.15, 0.2) is 0 Å². The lowest BCUT2D eigenvalue weighted by Gasteiger charge is -2.42. The molecule has 0 bridgehead atoms. The number of hydrogen-bond donors (Lipinski definition) is 2. The Balaban J connectivity index is 1.99. The Bertz CT molecular complexity index is 851. The maximum atomic E-state index is 12.7. The Labute approximate surface area is 168 Å². The standard InChI is InChI=1S/C20H26N2O3S2/c1-6-25-18(24)15-13-11-19(2,3)22-20(4,5)16(13)27-17(15)21-14(23)10-12-8-7-9-26-12/h7-9,22H,6,10-11H2,1-5H3,(H,21,23). The second-order valence-corrected chi connectivity index (χ2v) is 10.0. The molecular weight excluding hydrogens is 380 g/mol. The maximum absolute atomic E-state index is 12.7. The van der Waals surface area contributed by atoms with Gasteiger partial charge in [-0.1, -0.05) is 6.07 Å². The molecule has 2 aromatic heterocycles. The van der Waals surface area contributed by atoms with Crippen LogP contribution in [0.3, 0.4) is 0 Å². The molecule has 0 saturated heterocycles. The average molecular weight is 407 g/mol. The molecule has 0 atom stereocenters. The van der Waals surface area contributed by atoms with Crippen LogP contribution in [-0.4, -0.2) is 24.0 Å². The van der Waals surface area contributed by atoms with Crippen molar-refractivity contribution >= 4 is 39.6 Å². The number of thiophene rings is 2. The lowest BCUT2D eigenvalue weighted by atomic mass is 9.81. The van der Waals surface area contributed by atoms with Gasteiger partial charge in [0, 0.05) is 20.8 Å². The number of carbonyl (C=O) groups is 2. The highest BCUT2D eigenvalue weighted by Crippen LogP contribution is 2.45. The van der Waals surface area contributed by atoms with E-state index in [0.717, 1.165) is 15.3 Å². The van der Waals surface area contributed by atoms with Crippen molar-refractivity contribution < 1.29 is 14.3 Å². The Hall–Kier alpha value is -1.70. The van der Waals surface area contributed by atoms with Crippen molar-refractivity contribution in [1.82, 2.24) is 5.32 Å². The molecule has 3 rings (SSSR count). The van der Waals surface area contributed by atoms with Crippen molar-refractivity contribution in [3.05, 3.63) is 38.4 Å².